The highest BCUT2D eigenvalue weighted by Gasteiger charge is 2.05. The van der Waals surface area contributed by atoms with Crippen molar-refractivity contribution in [3.63, 3.8) is 0 Å². The Bertz CT molecular complexity index is 537. The third-order valence-corrected chi connectivity index (χ3v) is 3.63. The van der Waals surface area contributed by atoms with Gasteiger partial charge in [-0.2, -0.15) is 0 Å². The van der Waals surface area contributed by atoms with Crippen LogP contribution in [-0.4, -0.2) is 9.55 Å². The van der Waals surface area contributed by atoms with Crippen molar-refractivity contribution >= 4 is 33.2 Å². The lowest BCUT2D eigenvalue weighted by Gasteiger charge is -2.09. The first-order valence-corrected chi connectivity index (χ1v) is 6.41. The first-order valence-electron chi connectivity index (χ1n) is 5.24. The van der Waals surface area contributed by atoms with Gasteiger partial charge in [0.2, 0.25) is 0 Å². The van der Waals surface area contributed by atoms with Gasteiger partial charge in [-0.1, -0.05) is 17.7 Å². The molecule has 1 aromatic heterocycles. The number of hydrogen-bond acceptors (Lipinski definition) is 2. The number of anilines is 1. The summed E-state index contributed by atoms with van der Waals surface area (Å²) in [4.78, 5) is 4.24. The van der Waals surface area contributed by atoms with Crippen molar-refractivity contribution in [3.8, 4) is 0 Å². The fourth-order valence-corrected chi connectivity index (χ4v) is 2.07. The number of aryl methyl sites for hydroxylation is 1. The van der Waals surface area contributed by atoms with Gasteiger partial charge in [0, 0.05) is 17.2 Å². The zero-order valence-corrected chi connectivity index (χ0v) is 12.0. The van der Waals surface area contributed by atoms with E-state index in [4.69, 9.17) is 11.6 Å². The third-order valence-electron chi connectivity index (χ3n) is 2.59. The second-order valence-corrected chi connectivity index (χ2v) is 5.13. The van der Waals surface area contributed by atoms with Crippen LogP contribution in [0.3, 0.4) is 0 Å². The first-order chi connectivity index (χ1) is 8.08. The van der Waals surface area contributed by atoms with E-state index < -0.39 is 0 Å². The molecule has 90 valence electrons. The van der Waals surface area contributed by atoms with Crippen LogP contribution < -0.4 is 5.32 Å². The molecule has 0 fully saturated rings. The number of aromatic nitrogens is 2. The predicted molar refractivity (Wildman–Crippen MR) is 74.4 cm³/mol. The lowest BCUT2D eigenvalue weighted by molar-refractivity contribution is 0.813. The van der Waals surface area contributed by atoms with E-state index in [1.165, 1.54) is 5.56 Å². The van der Waals surface area contributed by atoms with Gasteiger partial charge in [-0.15, -0.1) is 0 Å². The number of benzene rings is 1. The second-order valence-electron chi connectivity index (χ2n) is 3.89. The standard InChI is InChI=1S/C12H13BrClN3/c1-8-3-4-9(13)10(5-8)15-7-12-16-6-11(14)17(12)2/h3-6,15H,7H2,1-2H3. The van der Waals surface area contributed by atoms with Crippen molar-refractivity contribution < 1.29 is 0 Å². The zero-order chi connectivity index (χ0) is 12.4. The Kier molecular flexibility index (Phi) is 3.74. The molecule has 0 saturated heterocycles. The molecule has 1 aromatic carbocycles. The monoisotopic (exact) mass is 313 g/mol. The van der Waals surface area contributed by atoms with Gasteiger partial charge in [-0.05, 0) is 40.5 Å². The Morgan fingerprint density at radius 2 is 2.24 bits per heavy atom. The van der Waals surface area contributed by atoms with Gasteiger partial charge < -0.3 is 9.88 Å². The molecule has 0 bridgehead atoms. The minimum Gasteiger partial charge on any atom is -0.377 e. The molecule has 2 aromatic rings. The summed E-state index contributed by atoms with van der Waals surface area (Å²) in [7, 11) is 1.90. The van der Waals surface area contributed by atoms with E-state index in [2.05, 4.69) is 45.3 Å². The van der Waals surface area contributed by atoms with Crippen molar-refractivity contribution in [2.24, 2.45) is 7.05 Å². The molecule has 0 aliphatic carbocycles. The minimum absolute atomic E-state index is 0.644. The summed E-state index contributed by atoms with van der Waals surface area (Å²) >= 11 is 9.44. The summed E-state index contributed by atoms with van der Waals surface area (Å²) in [6.45, 7) is 2.71. The number of nitrogens with one attached hydrogen (secondary N) is 1. The van der Waals surface area contributed by atoms with Crippen molar-refractivity contribution in [1.82, 2.24) is 9.55 Å². The zero-order valence-electron chi connectivity index (χ0n) is 9.67. The van der Waals surface area contributed by atoms with Crippen LogP contribution in [0.2, 0.25) is 5.15 Å². The Balaban J connectivity index is 2.12. The molecule has 2 rings (SSSR count). The van der Waals surface area contributed by atoms with Crippen LogP contribution in [0, 0.1) is 6.92 Å². The van der Waals surface area contributed by atoms with E-state index in [-0.39, 0.29) is 0 Å². The van der Waals surface area contributed by atoms with Crippen LogP contribution >= 0.6 is 27.5 Å². The molecule has 5 heteroatoms. The van der Waals surface area contributed by atoms with Crippen LogP contribution in [0.4, 0.5) is 5.69 Å². The molecule has 0 unspecified atom stereocenters. The lowest BCUT2D eigenvalue weighted by atomic mass is 10.2. The molecule has 0 aliphatic rings. The molecular weight excluding hydrogens is 302 g/mol. The summed E-state index contributed by atoms with van der Waals surface area (Å²) in [6.07, 6.45) is 1.66. The van der Waals surface area contributed by atoms with Crippen molar-refractivity contribution in [2.75, 3.05) is 5.32 Å². The molecule has 0 amide bonds. The molecule has 1 N–H and O–H groups in total. The second kappa shape index (κ2) is 5.10. The van der Waals surface area contributed by atoms with Gasteiger partial charge in [0.1, 0.15) is 11.0 Å². The summed E-state index contributed by atoms with van der Waals surface area (Å²) in [5.41, 5.74) is 2.28. The molecule has 0 atom stereocenters. The molecule has 0 aliphatic heterocycles. The quantitative estimate of drug-likeness (QED) is 0.935. The third kappa shape index (κ3) is 2.82. The van der Waals surface area contributed by atoms with Gasteiger partial charge >= 0.3 is 0 Å². The van der Waals surface area contributed by atoms with Crippen molar-refractivity contribution in [2.45, 2.75) is 13.5 Å². The predicted octanol–water partition coefficient (Wildman–Crippen LogP) is 3.76. The molecular formula is C12H13BrClN3. The smallest absolute Gasteiger partial charge is 0.128 e. The average Bonchev–Trinajstić information content (AvgIpc) is 2.62. The Labute approximate surface area is 114 Å². The molecule has 3 nitrogen and oxygen atoms in total. The Morgan fingerprint density at radius 3 is 2.88 bits per heavy atom. The summed E-state index contributed by atoms with van der Waals surface area (Å²) in [6, 6.07) is 6.19. The summed E-state index contributed by atoms with van der Waals surface area (Å²) < 4.78 is 2.90. The van der Waals surface area contributed by atoms with Gasteiger partial charge in [0.25, 0.3) is 0 Å². The van der Waals surface area contributed by atoms with E-state index in [1.807, 2.05) is 17.7 Å². The highest BCUT2D eigenvalue weighted by molar-refractivity contribution is 9.10. The maximum absolute atomic E-state index is 5.93. The van der Waals surface area contributed by atoms with Crippen LogP contribution in [0.5, 0.6) is 0 Å². The number of rotatable bonds is 3. The van der Waals surface area contributed by atoms with Crippen LogP contribution in [0.25, 0.3) is 0 Å². The van der Waals surface area contributed by atoms with Crippen LogP contribution in [0.1, 0.15) is 11.4 Å². The topological polar surface area (TPSA) is 29.9 Å². The number of nitrogens with zero attached hydrogens (tertiary/aromatic N) is 2. The SMILES string of the molecule is Cc1ccc(Br)c(NCc2ncc(Cl)n2C)c1. The first kappa shape index (κ1) is 12.5. The Hall–Kier alpha value is -1.000. The van der Waals surface area contributed by atoms with E-state index in [0.29, 0.717) is 11.7 Å². The van der Waals surface area contributed by atoms with E-state index >= 15 is 0 Å². The number of hydrogen-bond donors (Lipinski definition) is 1. The molecule has 1 heterocycles. The van der Waals surface area contributed by atoms with Gasteiger partial charge in [0.15, 0.2) is 0 Å². The molecule has 0 spiro atoms. The maximum atomic E-state index is 5.93. The van der Waals surface area contributed by atoms with Crippen molar-refractivity contribution in [1.29, 1.82) is 0 Å². The molecule has 0 saturated carbocycles. The van der Waals surface area contributed by atoms with Gasteiger partial charge in [0.05, 0.1) is 12.7 Å². The minimum atomic E-state index is 0.644. The Morgan fingerprint density at radius 1 is 1.47 bits per heavy atom. The van der Waals surface area contributed by atoms with Gasteiger partial charge in [-0.25, -0.2) is 4.98 Å². The average molecular weight is 315 g/mol. The molecule has 17 heavy (non-hydrogen) atoms. The van der Waals surface area contributed by atoms with E-state index in [0.717, 1.165) is 16.0 Å². The molecule has 0 radical (unpaired) electrons. The highest BCUT2D eigenvalue weighted by Crippen LogP contribution is 2.24. The lowest BCUT2D eigenvalue weighted by Crippen LogP contribution is -2.06. The fraction of sp³-hybridized carbons (Fsp3) is 0.250. The number of halogens is 2. The normalized spacial score (nSPS) is 10.6. The highest BCUT2D eigenvalue weighted by atomic mass is 79.9. The van der Waals surface area contributed by atoms with E-state index in [1.54, 1.807) is 6.20 Å². The summed E-state index contributed by atoms with van der Waals surface area (Å²) in [5.74, 6) is 0.906. The number of imidazole rings is 1. The van der Waals surface area contributed by atoms with Crippen LogP contribution in [-0.2, 0) is 13.6 Å². The largest absolute Gasteiger partial charge is 0.377 e. The van der Waals surface area contributed by atoms with E-state index in [9.17, 15) is 0 Å². The summed E-state index contributed by atoms with van der Waals surface area (Å²) in [5, 5.41) is 3.98. The van der Waals surface area contributed by atoms with Crippen molar-refractivity contribution in [3.05, 3.63) is 45.4 Å². The van der Waals surface area contributed by atoms with Crippen LogP contribution in [0.15, 0.2) is 28.9 Å². The maximum Gasteiger partial charge on any atom is 0.128 e. The fourth-order valence-electron chi connectivity index (χ4n) is 1.54. The van der Waals surface area contributed by atoms with Gasteiger partial charge in [-0.3, -0.25) is 0 Å².